The lowest BCUT2D eigenvalue weighted by molar-refractivity contribution is -0.134. The van der Waals surface area contributed by atoms with Crippen molar-refractivity contribution in [3.05, 3.63) is 52.7 Å². The highest BCUT2D eigenvalue weighted by atomic mass is 32.1. The van der Waals surface area contributed by atoms with E-state index in [1.165, 1.54) is 0 Å². The molecule has 136 valence electrons. The number of hydrogen-bond donors (Lipinski definition) is 0. The first-order valence-corrected chi connectivity index (χ1v) is 9.29. The summed E-state index contributed by atoms with van der Waals surface area (Å²) in [7, 11) is 0. The number of amides is 1. The van der Waals surface area contributed by atoms with Gasteiger partial charge in [-0.25, -0.2) is 0 Å². The molecule has 0 aliphatic carbocycles. The summed E-state index contributed by atoms with van der Waals surface area (Å²) in [5, 5.41) is 5.93. The number of ether oxygens (including phenoxy) is 1. The Morgan fingerprint density at radius 2 is 2.15 bits per heavy atom. The van der Waals surface area contributed by atoms with Crippen LogP contribution < -0.4 is 4.74 Å². The van der Waals surface area contributed by atoms with E-state index in [0.29, 0.717) is 18.3 Å². The first-order chi connectivity index (χ1) is 12.6. The van der Waals surface area contributed by atoms with Crippen LogP contribution in [0.5, 0.6) is 5.75 Å². The van der Waals surface area contributed by atoms with Crippen molar-refractivity contribution >= 4 is 17.2 Å². The van der Waals surface area contributed by atoms with Crippen LogP contribution in [0.25, 0.3) is 10.7 Å². The zero-order valence-corrected chi connectivity index (χ0v) is 15.9. The molecule has 1 aromatic carbocycles. The Bertz CT molecular complexity index is 874. The molecule has 0 spiro atoms. The van der Waals surface area contributed by atoms with Gasteiger partial charge in [-0.3, -0.25) is 4.79 Å². The lowest BCUT2D eigenvalue weighted by Gasteiger charge is -2.19. The van der Waals surface area contributed by atoms with Crippen LogP contribution in [-0.4, -0.2) is 34.1 Å². The highest BCUT2D eigenvalue weighted by Crippen LogP contribution is 2.22. The second kappa shape index (κ2) is 8.14. The van der Waals surface area contributed by atoms with Crippen LogP contribution in [0.1, 0.15) is 23.9 Å². The van der Waals surface area contributed by atoms with Gasteiger partial charge >= 0.3 is 0 Å². The quantitative estimate of drug-likeness (QED) is 0.631. The highest BCUT2D eigenvalue weighted by Gasteiger charge is 2.18. The zero-order valence-electron chi connectivity index (χ0n) is 15.1. The van der Waals surface area contributed by atoms with Crippen LogP contribution in [-0.2, 0) is 11.3 Å². The minimum Gasteiger partial charge on any atom is -0.484 e. The van der Waals surface area contributed by atoms with Crippen molar-refractivity contribution in [2.75, 3.05) is 13.2 Å². The lowest BCUT2D eigenvalue weighted by atomic mass is 10.1. The van der Waals surface area contributed by atoms with E-state index in [0.717, 1.165) is 21.8 Å². The van der Waals surface area contributed by atoms with Crippen LogP contribution in [0, 0.1) is 13.8 Å². The third-order valence-corrected chi connectivity index (χ3v) is 4.82. The van der Waals surface area contributed by atoms with E-state index in [1.807, 2.05) is 56.5 Å². The molecule has 0 saturated carbocycles. The van der Waals surface area contributed by atoms with Gasteiger partial charge in [0.05, 0.1) is 4.88 Å². The molecule has 3 aromatic rings. The topological polar surface area (TPSA) is 68.5 Å². The Balaban J connectivity index is 1.60. The van der Waals surface area contributed by atoms with Gasteiger partial charge in [-0.05, 0) is 43.8 Å². The smallest absolute Gasteiger partial charge is 0.260 e. The number of carbonyl (C=O) groups excluding carboxylic acids is 1. The molecule has 2 heterocycles. The lowest BCUT2D eigenvalue weighted by Crippen LogP contribution is -2.34. The van der Waals surface area contributed by atoms with E-state index >= 15 is 0 Å². The largest absolute Gasteiger partial charge is 0.484 e. The van der Waals surface area contributed by atoms with Crippen LogP contribution in [0.15, 0.2) is 40.2 Å². The summed E-state index contributed by atoms with van der Waals surface area (Å²) in [5.74, 6) is 1.56. The minimum absolute atomic E-state index is 0.0241. The molecule has 0 N–H and O–H groups in total. The fourth-order valence-electron chi connectivity index (χ4n) is 2.56. The molecule has 7 heteroatoms. The number of hydrogen-bond acceptors (Lipinski definition) is 6. The molecular formula is C19H21N3O3S. The molecule has 6 nitrogen and oxygen atoms in total. The third kappa shape index (κ3) is 4.29. The van der Waals surface area contributed by atoms with Gasteiger partial charge < -0.3 is 14.2 Å². The van der Waals surface area contributed by atoms with E-state index in [2.05, 4.69) is 10.1 Å². The molecule has 0 fully saturated rings. The number of rotatable bonds is 7. The highest BCUT2D eigenvalue weighted by molar-refractivity contribution is 7.13. The second-order valence-corrected chi connectivity index (χ2v) is 6.90. The summed E-state index contributed by atoms with van der Waals surface area (Å²) in [6, 6.07) is 9.75. The summed E-state index contributed by atoms with van der Waals surface area (Å²) in [5.41, 5.74) is 2.17. The fraction of sp³-hybridized carbons (Fsp3) is 0.316. The Kier molecular flexibility index (Phi) is 5.68. The summed E-state index contributed by atoms with van der Waals surface area (Å²) < 4.78 is 11.0. The van der Waals surface area contributed by atoms with Gasteiger partial charge in [0.2, 0.25) is 11.7 Å². The van der Waals surface area contributed by atoms with Crippen molar-refractivity contribution in [3.63, 3.8) is 0 Å². The molecule has 0 atom stereocenters. The third-order valence-electron chi connectivity index (χ3n) is 3.95. The van der Waals surface area contributed by atoms with E-state index in [4.69, 9.17) is 9.26 Å². The van der Waals surface area contributed by atoms with Gasteiger partial charge in [0, 0.05) is 6.54 Å². The maximum absolute atomic E-state index is 12.5. The Morgan fingerprint density at radius 1 is 1.31 bits per heavy atom. The SMILES string of the molecule is CCN(Cc1nc(-c2cccs2)no1)C(=O)COc1ccc(C)cc1C. The fourth-order valence-corrected chi connectivity index (χ4v) is 3.21. The monoisotopic (exact) mass is 371 g/mol. The van der Waals surface area contributed by atoms with E-state index < -0.39 is 0 Å². The Hall–Kier alpha value is -2.67. The first kappa shape index (κ1) is 18.1. The average molecular weight is 371 g/mol. The summed E-state index contributed by atoms with van der Waals surface area (Å²) >= 11 is 1.54. The number of aromatic nitrogens is 2. The van der Waals surface area contributed by atoms with Crippen molar-refractivity contribution in [2.45, 2.75) is 27.3 Å². The van der Waals surface area contributed by atoms with E-state index in [-0.39, 0.29) is 19.1 Å². The van der Waals surface area contributed by atoms with Gasteiger partial charge in [0.25, 0.3) is 5.91 Å². The minimum atomic E-state index is -0.122. The molecule has 26 heavy (non-hydrogen) atoms. The standard InChI is InChI=1S/C19H21N3O3S/c1-4-22(11-17-20-19(21-25-17)16-6-5-9-26-16)18(23)12-24-15-8-7-13(2)10-14(15)3/h5-10H,4,11-12H2,1-3H3. The van der Waals surface area contributed by atoms with E-state index in [9.17, 15) is 4.79 Å². The van der Waals surface area contributed by atoms with Crippen molar-refractivity contribution < 1.29 is 14.1 Å². The zero-order chi connectivity index (χ0) is 18.5. The van der Waals surface area contributed by atoms with Gasteiger partial charge in [-0.2, -0.15) is 4.98 Å². The molecule has 0 radical (unpaired) electrons. The number of carbonyl (C=O) groups is 1. The second-order valence-electron chi connectivity index (χ2n) is 5.95. The predicted molar refractivity (Wildman–Crippen MR) is 100 cm³/mol. The molecule has 0 aliphatic heterocycles. The number of nitrogens with zero attached hydrogens (tertiary/aromatic N) is 3. The predicted octanol–water partition coefficient (Wildman–Crippen LogP) is 3.84. The van der Waals surface area contributed by atoms with Crippen LogP contribution in [0.4, 0.5) is 0 Å². The van der Waals surface area contributed by atoms with Gasteiger partial charge in [-0.15, -0.1) is 11.3 Å². The van der Waals surface area contributed by atoms with Crippen molar-refractivity contribution in [3.8, 4) is 16.5 Å². The van der Waals surface area contributed by atoms with Crippen LogP contribution in [0.3, 0.4) is 0 Å². The van der Waals surface area contributed by atoms with Crippen LogP contribution >= 0.6 is 11.3 Å². The molecular weight excluding hydrogens is 350 g/mol. The van der Waals surface area contributed by atoms with E-state index in [1.54, 1.807) is 16.2 Å². The Labute approximate surface area is 156 Å². The summed E-state index contributed by atoms with van der Waals surface area (Å²) in [6.45, 7) is 6.68. The number of aryl methyl sites for hydroxylation is 2. The molecule has 0 unspecified atom stereocenters. The van der Waals surface area contributed by atoms with Gasteiger partial charge in [-0.1, -0.05) is 28.9 Å². The number of likely N-dealkylation sites (N-methyl/N-ethyl adjacent to an activating group) is 1. The van der Waals surface area contributed by atoms with Crippen molar-refractivity contribution in [1.82, 2.24) is 15.0 Å². The average Bonchev–Trinajstić information content (AvgIpc) is 3.30. The Morgan fingerprint density at radius 3 is 2.85 bits per heavy atom. The molecule has 0 aliphatic rings. The van der Waals surface area contributed by atoms with Gasteiger partial charge in [0.15, 0.2) is 6.61 Å². The molecule has 0 bridgehead atoms. The molecule has 0 saturated heterocycles. The molecule has 2 aromatic heterocycles. The maximum Gasteiger partial charge on any atom is 0.260 e. The summed E-state index contributed by atoms with van der Waals surface area (Å²) in [4.78, 5) is 19.4. The normalized spacial score (nSPS) is 10.7. The molecule has 1 amide bonds. The maximum atomic E-state index is 12.5. The van der Waals surface area contributed by atoms with Gasteiger partial charge in [0.1, 0.15) is 12.3 Å². The number of benzene rings is 1. The summed E-state index contributed by atoms with van der Waals surface area (Å²) in [6.07, 6.45) is 0. The first-order valence-electron chi connectivity index (χ1n) is 8.41. The molecule has 3 rings (SSSR count). The van der Waals surface area contributed by atoms with Crippen LogP contribution in [0.2, 0.25) is 0 Å². The van der Waals surface area contributed by atoms with Crippen molar-refractivity contribution in [2.24, 2.45) is 0 Å². The number of thiophene rings is 1. The van der Waals surface area contributed by atoms with Crippen molar-refractivity contribution in [1.29, 1.82) is 0 Å².